The molecule has 0 aliphatic heterocycles. The Morgan fingerprint density at radius 2 is 2.21 bits per heavy atom. The highest BCUT2D eigenvalue weighted by atomic mass is 35.5. The van der Waals surface area contributed by atoms with Crippen LogP contribution in [-0.2, 0) is 6.54 Å². The zero-order valence-corrected chi connectivity index (χ0v) is 11.1. The molecule has 0 aliphatic rings. The van der Waals surface area contributed by atoms with Gasteiger partial charge in [-0.15, -0.1) is 0 Å². The van der Waals surface area contributed by atoms with Crippen molar-refractivity contribution in [3.05, 3.63) is 58.9 Å². The average molecular weight is 277 g/mol. The molecule has 1 heterocycles. The van der Waals surface area contributed by atoms with Gasteiger partial charge in [0, 0.05) is 17.8 Å². The Kier molecular flexibility index (Phi) is 4.36. The van der Waals surface area contributed by atoms with Crippen molar-refractivity contribution in [2.24, 2.45) is 0 Å². The Hall–Kier alpha value is -2.07. The van der Waals surface area contributed by atoms with Gasteiger partial charge in [0.25, 0.3) is 5.91 Å². The van der Waals surface area contributed by atoms with Crippen molar-refractivity contribution >= 4 is 17.5 Å². The Labute approximate surface area is 116 Å². The van der Waals surface area contributed by atoms with E-state index in [2.05, 4.69) is 10.3 Å². The Morgan fingerprint density at radius 1 is 1.37 bits per heavy atom. The number of amides is 1. The van der Waals surface area contributed by atoms with Crippen LogP contribution in [0.15, 0.2) is 42.6 Å². The number of carbonyl (C=O) groups is 1. The summed E-state index contributed by atoms with van der Waals surface area (Å²) in [5.41, 5.74) is 1.25. The van der Waals surface area contributed by atoms with E-state index in [1.165, 1.54) is 12.3 Å². The first-order chi connectivity index (χ1) is 9.19. The lowest BCUT2D eigenvalue weighted by Gasteiger charge is -2.06. The van der Waals surface area contributed by atoms with Crippen molar-refractivity contribution < 1.29 is 9.53 Å². The van der Waals surface area contributed by atoms with Crippen LogP contribution in [0, 0.1) is 0 Å². The average Bonchev–Trinajstić information content (AvgIpc) is 2.45. The minimum atomic E-state index is -0.259. The summed E-state index contributed by atoms with van der Waals surface area (Å²) in [5, 5.41) is 3.27. The fraction of sp³-hybridized carbons (Fsp3) is 0.143. The van der Waals surface area contributed by atoms with Crippen molar-refractivity contribution in [2.45, 2.75) is 6.54 Å². The van der Waals surface area contributed by atoms with Crippen molar-refractivity contribution in [1.82, 2.24) is 10.3 Å². The van der Waals surface area contributed by atoms with E-state index < -0.39 is 0 Å². The molecular weight excluding hydrogens is 264 g/mol. The van der Waals surface area contributed by atoms with Crippen LogP contribution in [0.1, 0.15) is 16.1 Å². The highest BCUT2D eigenvalue weighted by Crippen LogP contribution is 2.12. The molecule has 1 aromatic heterocycles. The van der Waals surface area contributed by atoms with Crippen LogP contribution in [0.3, 0.4) is 0 Å². The van der Waals surface area contributed by atoms with Gasteiger partial charge in [0.15, 0.2) is 0 Å². The third-order valence-electron chi connectivity index (χ3n) is 2.54. The molecule has 0 bridgehead atoms. The number of hydrogen-bond acceptors (Lipinski definition) is 3. The van der Waals surface area contributed by atoms with Crippen LogP contribution in [-0.4, -0.2) is 18.0 Å². The van der Waals surface area contributed by atoms with E-state index in [1.54, 1.807) is 13.2 Å². The van der Waals surface area contributed by atoms with Crippen molar-refractivity contribution in [3.8, 4) is 5.75 Å². The lowest BCUT2D eigenvalue weighted by atomic mass is 10.2. The normalized spacial score (nSPS) is 10.0. The third kappa shape index (κ3) is 3.69. The molecule has 0 unspecified atom stereocenters. The van der Waals surface area contributed by atoms with Crippen molar-refractivity contribution in [2.75, 3.05) is 7.11 Å². The molecule has 0 fully saturated rings. The van der Waals surface area contributed by atoms with Crippen LogP contribution >= 0.6 is 11.6 Å². The van der Waals surface area contributed by atoms with E-state index in [0.717, 1.165) is 11.3 Å². The van der Waals surface area contributed by atoms with Gasteiger partial charge in [0.1, 0.15) is 11.4 Å². The maximum absolute atomic E-state index is 11.9. The quantitative estimate of drug-likeness (QED) is 0.934. The fourth-order valence-electron chi connectivity index (χ4n) is 1.58. The molecule has 98 valence electrons. The smallest absolute Gasteiger partial charge is 0.270 e. The zero-order chi connectivity index (χ0) is 13.7. The van der Waals surface area contributed by atoms with Crippen LogP contribution < -0.4 is 10.1 Å². The number of methoxy groups -OCH3 is 1. The molecule has 0 aliphatic carbocycles. The number of rotatable bonds is 4. The molecule has 0 saturated carbocycles. The maximum Gasteiger partial charge on any atom is 0.270 e. The van der Waals surface area contributed by atoms with Gasteiger partial charge >= 0.3 is 0 Å². The van der Waals surface area contributed by atoms with E-state index in [-0.39, 0.29) is 5.91 Å². The molecule has 1 aromatic carbocycles. The zero-order valence-electron chi connectivity index (χ0n) is 10.4. The minimum absolute atomic E-state index is 0.259. The number of aromatic nitrogens is 1. The van der Waals surface area contributed by atoms with Gasteiger partial charge in [-0.05, 0) is 29.8 Å². The van der Waals surface area contributed by atoms with Gasteiger partial charge in [-0.2, -0.15) is 0 Å². The molecule has 0 atom stereocenters. The number of carbonyl (C=O) groups excluding carboxylic acids is 1. The monoisotopic (exact) mass is 276 g/mol. The molecule has 1 amide bonds. The van der Waals surface area contributed by atoms with Crippen molar-refractivity contribution in [1.29, 1.82) is 0 Å². The number of benzene rings is 1. The Morgan fingerprint density at radius 3 is 2.95 bits per heavy atom. The minimum Gasteiger partial charge on any atom is -0.497 e. The van der Waals surface area contributed by atoms with Gasteiger partial charge in [0.2, 0.25) is 0 Å². The van der Waals surface area contributed by atoms with E-state index in [9.17, 15) is 4.79 Å². The van der Waals surface area contributed by atoms with Crippen LogP contribution in [0.25, 0.3) is 0 Å². The number of pyridine rings is 1. The standard InChI is InChI=1S/C14H13ClN2O2/c1-19-12-4-2-3-10(7-12)9-17-14(18)13-8-11(15)5-6-16-13/h2-8H,9H2,1H3,(H,17,18). The lowest BCUT2D eigenvalue weighted by Crippen LogP contribution is -2.23. The summed E-state index contributed by atoms with van der Waals surface area (Å²) in [4.78, 5) is 15.8. The molecule has 5 heteroatoms. The van der Waals surface area contributed by atoms with Gasteiger partial charge in [0.05, 0.1) is 7.11 Å². The number of nitrogens with one attached hydrogen (secondary N) is 1. The number of nitrogens with zero attached hydrogens (tertiary/aromatic N) is 1. The predicted octanol–water partition coefficient (Wildman–Crippen LogP) is 2.67. The Balaban J connectivity index is 2.00. The summed E-state index contributed by atoms with van der Waals surface area (Å²) in [7, 11) is 1.60. The second-order valence-electron chi connectivity index (χ2n) is 3.89. The van der Waals surface area contributed by atoms with Gasteiger partial charge in [-0.3, -0.25) is 9.78 Å². The summed E-state index contributed by atoms with van der Waals surface area (Å²) >= 11 is 5.81. The second kappa shape index (κ2) is 6.20. The molecule has 0 spiro atoms. The highest BCUT2D eigenvalue weighted by molar-refractivity contribution is 6.30. The van der Waals surface area contributed by atoms with Gasteiger partial charge in [-0.1, -0.05) is 23.7 Å². The summed E-state index contributed by atoms with van der Waals surface area (Å²) in [5.74, 6) is 0.498. The maximum atomic E-state index is 11.9. The molecule has 2 aromatic rings. The first kappa shape index (κ1) is 13.4. The Bertz CT molecular complexity index is 587. The first-order valence-electron chi connectivity index (χ1n) is 5.72. The highest BCUT2D eigenvalue weighted by Gasteiger charge is 2.07. The molecule has 19 heavy (non-hydrogen) atoms. The number of hydrogen-bond donors (Lipinski definition) is 1. The molecule has 2 rings (SSSR count). The van der Waals surface area contributed by atoms with Gasteiger partial charge < -0.3 is 10.1 Å². The summed E-state index contributed by atoms with van der Waals surface area (Å²) < 4.78 is 5.12. The summed E-state index contributed by atoms with van der Waals surface area (Å²) in [6.45, 7) is 0.407. The molecule has 4 nitrogen and oxygen atoms in total. The summed E-state index contributed by atoms with van der Waals surface area (Å²) in [6, 6.07) is 10.7. The van der Waals surface area contributed by atoms with E-state index in [0.29, 0.717) is 17.3 Å². The number of halogens is 1. The second-order valence-corrected chi connectivity index (χ2v) is 4.33. The van der Waals surface area contributed by atoms with Crippen molar-refractivity contribution in [3.63, 3.8) is 0 Å². The predicted molar refractivity (Wildman–Crippen MR) is 73.4 cm³/mol. The van der Waals surface area contributed by atoms with Crippen LogP contribution in [0.5, 0.6) is 5.75 Å². The van der Waals surface area contributed by atoms with Crippen LogP contribution in [0.4, 0.5) is 0 Å². The lowest BCUT2D eigenvalue weighted by molar-refractivity contribution is 0.0946. The van der Waals surface area contributed by atoms with Crippen LogP contribution in [0.2, 0.25) is 5.02 Å². The largest absolute Gasteiger partial charge is 0.497 e. The SMILES string of the molecule is COc1cccc(CNC(=O)c2cc(Cl)ccn2)c1. The van der Waals surface area contributed by atoms with E-state index >= 15 is 0 Å². The number of ether oxygens (including phenoxy) is 1. The fourth-order valence-corrected chi connectivity index (χ4v) is 1.74. The molecular formula is C14H13ClN2O2. The molecule has 0 radical (unpaired) electrons. The first-order valence-corrected chi connectivity index (χ1v) is 6.09. The van der Waals surface area contributed by atoms with E-state index in [4.69, 9.17) is 16.3 Å². The summed E-state index contributed by atoms with van der Waals surface area (Å²) in [6.07, 6.45) is 1.50. The molecule has 1 N–H and O–H groups in total. The topological polar surface area (TPSA) is 51.2 Å². The molecule has 0 saturated heterocycles. The van der Waals surface area contributed by atoms with Gasteiger partial charge in [-0.25, -0.2) is 0 Å². The third-order valence-corrected chi connectivity index (χ3v) is 2.78. The van der Waals surface area contributed by atoms with E-state index in [1.807, 2.05) is 24.3 Å².